The summed E-state index contributed by atoms with van der Waals surface area (Å²) in [5.41, 5.74) is 0. The molecule has 0 spiro atoms. The van der Waals surface area contributed by atoms with Gasteiger partial charge in [-0.15, -0.1) is 35.2 Å². The number of rotatable bonds is 0. The number of hydrogen-bond acceptors (Lipinski definition) is 0. The van der Waals surface area contributed by atoms with E-state index in [4.69, 9.17) is 0 Å². The fraction of sp³-hybridized carbons (Fsp3) is 0.333. The lowest BCUT2D eigenvalue weighted by atomic mass is 9.52. The molecule has 0 rings (SSSR count). The van der Waals surface area contributed by atoms with Crippen molar-refractivity contribution in [2.24, 2.45) is 0 Å². The van der Waals surface area contributed by atoms with E-state index in [0.29, 0.717) is 0 Å². The quantitative estimate of drug-likeness (QED) is 0.339. The molecule has 1 heteroatoms. The molecule has 0 amide bonds. The molecule has 0 aliphatic heterocycles. The molecule has 0 heterocycles. The van der Waals surface area contributed by atoms with E-state index in [-0.39, 0.29) is 6.71 Å². The first-order valence-electron chi connectivity index (χ1n) is 3.12. The Morgan fingerprint density at radius 1 is 0.700 bits per heavy atom. The summed E-state index contributed by atoms with van der Waals surface area (Å²) in [5, 5.41) is 0. The number of hydrogen-bond donors (Lipinski definition) is 0. The van der Waals surface area contributed by atoms with Gasteiger partial charge in [0.05, 0.1) is 0 Å². The van der Waals surface area contributed by atoms with Crippen LogP contribution in [0.25, 0.3) is 0 Å². The van der Waals surface area contributed by atoms with E-state index in [0.717, 1.165) is 0 Å². The Hall–Kier alpha value is -1.26. The highest BCUT2D eigenvalue weighted by Gasteiger charge is 1.98. The van der Waals surface area contributed by atoms with Crippen LogP contribution < -0.4 is 0 Å². The van der Waals surface area contributed by atoms with Crippen LogP contribution in [-0.2, 0) is 0 Å². The Morgan fingerprint density at radius 3 is 1.20 bits per heavy atom. The maximum Gasteiger partial charge on any atom is 0.395 e. The van der Waals surface area contributed by atoms with Crippen molar-refractivity contribution >= 4 is 6.71 Å². The molecule has 0 aromatic rings. The summed E-state index contributed by atoms with van der Waals surface area (Å²) < 4.78 is 0. The topological polar surface area (TPSA) is 0 Å². The summed E-state index contributed by atoms with van der Waals surface area (Å²) in [4.78, 5) is 0. The molecule has 0 aromatic carbocycles. The van der Waals surface area contributed by atoms with Crippen molar-refractivity contribution in [1.29, 1.82) is 0 Å². The van der Waals surface area contributed by atoms with Crippen LogP contribution in [0.15, 0.2) is 0 Å². The Labute approximate surface area is 63.5 Å². The summed E-state index contributed by atoms with van der Waals surface area (Å²) in [7, 11) is 0. The minimum atomic E-state index is -0.0556. The van der Waals surface area contributed by atoms with Crippen LogP contribution in [0.2, 0.25) is 0 Å². The van der Waals surface area contributed by atoms with Crippen molar-refractivity contribution in [3.8, 4) is 35.2 Å². The van der Waals surface area contributed by atoms with Crippen LogP contribution in [0.5, 0.6) is 0 Å². The smallest absolute Gasteiger partial charge is 0.121 e. The van der Waals surface area contributed by atoms with E-state index in [2.05, 4.69) is 35.2 Å². The monoisotopic (exact) mass is 128 g/mol. The Morgan fingerprint density at radius 2 is 1.00 bits per heavy atom. The molecule has 0 atom stereocenters. The molecule has 10 heavy (non-hydrogen) atoms. The van der Waals surface area contributed by atoms with E-state index in [1.54, 1.807) is 20.8 Å². The molecular weight excluding hydrogens is 119 g/mol. The van der Waals surface area contributed by atoms with Crippen LogP contribution in [0, 0.1) is 35.2 Å². The van der Waals surface area contributed by atoms with Crippen molar-refractivity contribution in [2.75, 3.05) is 0 Å². The molecule has 0 radical (unpaired) electrons. The van der Waals surface area contributed by atoms with Crippen LogP contribution >= 0.6 is 0 Å². The third kappa shape index (κ3) is 3.71. The van der Waals surface area contributed by atoms with Gasteiger partial charge < -0.3 is 0 Å². The molecule has 0 aliphatic carbocycles. The van der Waals surface area contributed by atoms with Gasteiger partial charge in [-0.05, 0) is 20.8 Å². The van der Waals surface area contributed by atoms with Gasteiger partial charge in [0.1, 0.15) is 0 Å². The fourth-order valence-electron chi connectivity index (χ4n) is 0.541. The standard InChI is InChI=1S/C9H9B/c1-4-7-10(8-5-2)9-6-3/h1-3H3. The predicted octanol–water partition coefficient (Wildman–Crippen LogP) is 1.17. The highest BCUT2D eigenvalue weighted by molar-refractivity contribution is 6.82. The van der Waals surface area contributed by atoms with Gasteiger partial charge in [-0.2, -0.15) is 0 Å². The third-order valence-electron chi connectivity index (χ3n) is 0.866. The maximum atomic E-state index is 2.89. The highest BCUT2D eigenvalue weighted by atomic mass is 13.5. The van der Waals surface area contributed by atoms with Crippen LogP contribution in [-0.4, -0.2) is 6.71 Å². The van der Waals surface area contributed by atoms with Crippen LogP contribution in [0.4, 0.5) is 0 Å². The van der Waals surface area contributed by atoms with E-state index in [9.17, 15) is 0 Å². The lowest BCUT2D eigenvalue weighted by Crippen LogP contribution is -2.03. The zero-order chi connectivity index (χ0) is 7.82. The van der Waals surface area contributed by atoms with E-state index < -0.39 is 0 Å². The molecule has 48 valence electrons. The third-order valence-corrected chi connectivity index (χ3v) is 0.866. The molecule has 0 bridgehead atoms. The van der Waals surface area contributed by atoms with Crippen LogP contribution in [0.3, 0.4) is 0 Å². The van der Waals surface area contributed by atoms with Gasteiger partial charge in [0, 0.05) is 0 Å². The summed E-state index contributed by atoms with van der Waals surface area (Å²) in [6.45, 7) is 5.32. The van der Waals surface area contributed by atoms with Gasteiger partial charge in [-0.3, -0.25) is 0 Å². The first-order chi connectivity index (χ1) is 4.85. The Balaban J connectivity index is 4.26. The largest absolute Gasteiger partial charge is 0.395 e. The second-order valence-corrected chi connectivity index (χ2v) is 1.62. The zero-order valence-electron chi connectivity index (χ0n) is 6.58. The van der Waals surface area contributed by atoms with Gasteiger partial charge in [-0.25, -0.2) is 0 Å². The Kier molecular flexibility index (Phi) is 5.14. The lowest BCUT2D eigenvalue weighted by molar-refractivity contribution is 1.91. The lowest BCUT2D eigenvalue weighted by Gasteiger charge is -1.79. The predicted molar refractivity (Wildman–Crippen MR) is 46.1 cm³/mol. The SMILES string of the molecule is CC#CB(C#CC)C#CC. The second-order valence-electron chi connectivity index (χ2n) is 1.62. The van der Waals surface area contributed by atoms with Crippen molar-refractivity contribution in [2.45, 2.75) is 20.8 Å². The normalized spacial score (nSPS) is 5.10. The highest BCUT2D eigenvalue weighted by Crippen LogP contribution is 1.73. The maximum absolute atomic E-state index is 2.89. The average molecular weight is 128 g/mol. The van der Waals surface area contributed by atoms with E-state index >= 15 is 0 Å². The Bertz CT molecular complexity index is 209. The molecule has 0 unspecified atom stereocenters. The molecule has 0 nitrogen and oxygen atoms in total. The average Bonchev–Trinajstić information content (AvgIpc) is 1.90. The van der Waals surface area contributed by atoms with Crippen molar-refractivity contribution in [1.82, 2.24) is 0 Å². The molecular formula is C9H9B. The molecule has 0 saturated carbocycles. The molecule has 0 aromatic heterocycles. The second kappa shape index (κ2) is 5.87. The van der Waals surface area contributed by atoms with E-state index in [1.807, 2.05) is 0 Å². The van der Waals surface area contributed by atoms with Crippen molar-refractivity contribution in [3.63, 3.8) is 0 Å². The summed E-state index contributed by atoms with van der Waals surface area (Å²) in [5.74, 6) is 17.0. The van der Waals surface area contributed by atoms with E-state index in [1.165, 1.54) is 0 Å². The van der Waals surface area contributed by atoms with Gasteiger partial charge in [-0.1, -0.05) is 0 Å². The van der Waals surface area contributed by atoms with Crippen LogP contribution in [0.1, 0.15) is 20.8 Å². The molecule has 0 fully saturated rings. The van der Waals surface area contributed by atoms with Gasteiger partial charge in [0.15, 0.2) is 0 Å². The minimum Gasteiger partial charge on any atom is -0.121 e. The summed E-state index contributed by atoms with van der Waals surface area (Å²) in [6, 6.07) is 0. The fourth-order valence-corrected chi connectivity index (χ4v) is 0.541. The first kappa shape index (κ1) is 8.74. The van der Waals surface area contributed by atoms with Crippen molar-refractivity contribution in [3.05, 3.63) is 0 Å². The molecule has 0 saturated heterocycles. The molecule has 0 N–H and O–H groups in total. The van der Waals surface area contributed by atoms with Crippen molar-refractivity contribution < 1.29 is 0 Å². The minimum absolute atomic E-state index is 0.0556. The van der Waals surface area contributed by atoms with Gasteiger partial charge >= 0.3 is 6.71 Å². The first-order valence-corrected chi connectivity index (χ1v) is 3.12. The summed E-state index contributed by atoms with van der Waals surface area (Å²) >= 11 is 0. The van der Waals surface area contributed by atoms with Gasteiger partial charge in [0.25, 0.3) is 0 Å². The molecule has 0 aliphatic rings. The summed E-state index contributed by atoms with van der Waals surface area (Å²) in [6.07, 6.45) is 0. The van der Waals surface area contributed by atoms with Gasteiger partial charge in [0.2, 0.25) is 0 Å². The zero-order valence-corrected chi connectivity index (χ0v) is 6.58.